The van der Waals surface area contributed by atoms with Crippen LogP contribution in [0.3, 0.4) is 0 Å². The Hall–Kier alpha value is -0.980. The van der Waals surface area contributed by atoms with Crippen LogP contribution in [0.4, 0.5) is 5.69 Å². The van der Waals surface area contributed by atoms with Gasteiger partial charge in [0, 0.05) is 17.6 Å². The second-order valence-electron chi connectivity index (χ2n) is 5.23. The zero-order chi connectivity index (χ0) is 11.0. The fourth-order valence-corrected chi connectivity index (χ4v) is 3.44. The zero-order valence-electron chi connectivity index (χ0n) is 10.1. The molecule has 0 aromatic heterocycles. The minimum atomic E-state index is 0.727. The maximum atomic E-state index is 3.80. The number of rotatable bonds is 1. The van der Waals surface area contributed by atoms with E-state index in [2.05, 4.69) is 30.4 Å². The first-order chi connectivity index (χ1) is 7.90. The number of hydrogen-bond donors (Lipinski definition) is 1. The van der Waals surface area contributed by atoms with Crippen LogP contribution < -0.4 is 5.32 Å². The van der Waals surface area contributed by atoms with Gasteiger partial charge in [-0.05, 0) is 30.4 Å². The monoisotopic (exact) mass is 215 g/mol. The normalized spacial score (nSPS) is 27.8. The van der Waals surface area contributed by atoms with Crippen LogP contribution in [0.1, 0.15) is 56.1 Å². The summed E-state index contributed by atoms with van der Waals surface area (Å²) in [6.07, 6.45) is 8.15. The molecule has 0 spiro atoms. The molecule has 1 fully saturated rings. The molecule has 86 valence electrons. The molecule has 1 nitrogen and oxygen atoms in total. The van der Waals surface area contributed by atoms with Crippen molar-refractivity contribution in [3.05, 3.63) is 29.3 Å². The maximum Gasteiger partial charge on any atom is 0.0411 e. The van der Waals surface area contributed by atoms with E-state index >= 15 is 0 Å². The minimum absolute atomic E-state index is 0.727. The largest absolute Gasteiger partial charge is 0.381 e. The predicted molar refractivity (Wildman–Crippen MR) is 69.1 cm³/mol. The topological polar surface area (TPSA) is 12.0 Å². The molecule has 3 rings (SSSR count). The predicted octanol–water partition coefficient (Wildman–Crippen LogP) is 4.09. The van der Waals surface area contributed by atoms with Gasteiger partial charge in [0.1, 0.15) is 0 Å². The third-order valence-electron chi connectivity index (χ3n) is 4.31. The van der Waals surface area contributed by atoms with Crippen molar-refractivity contribution in [2.24, 2.45) is 0 Å². The van der Waals surface area contributed by atoms with Gasteiger partial charge in [-0.25, -0.2) is 0 Å². The van der Waals surface area contributed by atoms with Crippen molar-refractivity contribution in [3.63, 3.8) is 0 Å². The molecular weight excluding hydrogens is 194 g/mol. The van der Waals surface area contributed by atoms with E-state index in [1.54, 1.807) is 5.56 Å². The molecule has 1 aromatic rings. The molecule has 1 aromatic carbocycles. The van der Waals surface area contributed by atoms with Crippen molar-refractivity contribution < 1.29 is 0 Å². The molecule has 1 aliphatic carbocycles. The summed E-state index contributed by atoms with van der Waals surface area (Å²) in [7, 11) is 0. The SMILES string of the molecule is CCc1cccc2c1NC1CCCCCC21. The quantitative estimate of drug-likeness (QED) is 0.744. The lowest BCUT2D eigenvalue weighted by molar-refractivity contribution is 0.562. The van der Waals surface area contributed by atoms with Gasteiger partial charge in [0.05, 0.1) is 0 Å². The van der Waals surface area contributed by atoms with Gasteiger partial charge < -0.3 is 5.32 Å². The van der Waals surface area contributed by atoms with E-state index in [-0.39, 0.29) is 0 Å². The lowest BCUT2D eigenvalue weighted by atomic mass is 9.90. The number of anilines is 1. The zero-order valence-corrected chi connectivity index (χ0v) is 10.1. The summed E-state index contributed by atoms with van der Waals surface area (Å²) in [5, 5.41) is 3.80. The van der Waals surface area contributed by atoms with E-state index < -0.39 is 0 Å². The van der Waals surface area contributed by atoms with E-state index in [0.29, 0.717) is 0 Å². The number of benzene rings is 1. The fraction of sp³-hybridized carbons (Fsp3) is 0.600. The van der Waals surface area contributed by atoms with Gasteiger partial charge in [0.25, 0.3) is 0 Å². The Morgan fingerprint density at radius 1 is 1.19 bits per heavy atom. The molecule has 1 aliphatic heterocycles. The number of nitrogens with one attached hydrogen (secondary N) is 1. The van der Waals surface area contributed by atoms with Gasteiger partial charge in [0.15, 0.2) is 0 Å². The van der Waals surface area contributed by atoms with Crippen LogP contribution in [0.2, 0.25) is 0 Å². The van der Waals surface area contributed by atoms with Crippen molar-refractivity contribution >= 4 is 5.69 Å². The molecule has 0 saturated heterocycles. The molecule has 1 heterocycles. The Morgan fingerprint density at radius 3 is 2.94 bits per heavy atom. The van der Waals surface area contributed by atoms with E-state index in [1.807, 2.05) is 0 Å². The first-order valence-corrected chi connectivity index (χ1v) is 6.78. The third-order valence-corrected chi connectivity index (χ3v) is 4.31. The highest BCUT2D eigenvalue weighted by Crippen LogP contribution is 2.44. The molecule has 2 unspecified atom stereocenters. The molecule has 1 heteroatoms. The number of hydrogen-bond acceptors (Lipinski definition) is 1. The van der Waals surface area contributed by atoms with Crippen molar-refractivity contribution in [3.8, 4) is 0 Å². The van der Waals surface area contributed by atoms with Gasteiger partial charge in [0.2, 0.25) is 0 Å². The average Bonchev–Trinajstić information content (AvgIpc) is 2.52. The van der Waals surface area contributed by atoms with Crippen LogP contribution in [-0.4, -0.2) is 6.04 Å². The van der Waals surface area contributed by atoms with Crippen molar-refractivity contribution in [1.82, 2.24) is 0 Å². The Balaban J connectivity index is 1.99. The van der Waals surface area contributed by atoms with Gasteiger partial charge >= 0.3 is 0 Å². The van der Waals surface area contributed by atoms with Crippen molar-refractivity contribution in [2.75, 3.05) is 5.32 Å². The molecule has 2 atom stereocenters. The highest BCUT2D eigenvalue weighted by Gasteiger charge is 2.33. The number of fused-ring (bicyclic) bond motifs is 3. The summed E-state index contributed by atoms with van der Waals surface area (Å²) < 4.78 is 0. The Bertz CT molecular complexity index is 383. The summed E-state index contributed by atoms with van der Waals surface area (Å²) in [5.41, 5.74) is 4.58. The van der Waals surface area contributed by atoms with Crippen LogP contribution in [0.15, 0.2) is 18.2 Å². The Kier molecular flexibility index (Phi) is 2.62. The van der Waals surface area contributed by atoms with Crippen molar-refractivity contribution in [2.45, 2.75) is 57.4 Å². The number of aryl methyl sites for hydroxylation is 1. The van der Waals surface area contributed by atoms with Crippen LogP contribution in [0, 0.1) is 0 Å². The highest BCUT2D eigenvalue weighted by atomic mass is 15.0. The standard InChI is InChI=1S/C15H21N/c1-2-11-7-6-9-13-12-8-4-3-5-10-14(12)16-15(11)13/h6-7,9,12,14,16H,2-5,8,10H2,1H3. The maximum absolute atomic E-state index is 3.80. The highest BCUT2D eigenvalue weighted by molar-refractivity contribution is 5.64. The van der Waals surface area contributed by atoms with Crippen molar-refractivity contribution in [1.29, 1.82) is 0 Å². The van der Waals surface area contributed by atoms with E-state index in [0.717, 1.165) is 18.4 Å². The molecule has 0 bridgehead atoms. The molecule has 16 heavy (non-hydrogen) atoms. The fourth-order valence-electron chi connectivity index (χ4n) is 3.44. The summed E-state index contributed by atoms with van der Waals surface area (Å²) in [4.78, 5) is 0. The summed E-state index contributed by atoms with van der Waals surface area (Å²) in [6.45, 7) is 2.26. The van der Waals surface area contributed by atoms with Gasteiger partial charge in [-0.3, -0.25) is 0 Å². The Labute approximate surface area is 98.3 Å². The van der Waals surface area contributed by atoms with Crippen LogP contribution in [-0.2, 0) is 6.42 Å². The molecule has 0 amide bonds. The lowest BCUT2D eigenvalue weighted by Gasteiger charge is -2.16. The summed E-state index contributed by atoms with van der Waals surface area (Å²) >= 11 is 0. The minimum Gasteiger partial charge on any atom is -0.381 e. The van der Waals surface area contributed by atoms with Crippen LogP contribution in [0.25, 0.3) is 0 Å². The molecule has 0 radical (unpaired) electrons. The molecule has 1 N–H and O–H groups in total. The second kappa shape index (κ2) is 4.12. The first kappa shape index (κ1) is 10.2. The van der Waals surface area contributed by atoms with Gasteiger partial charge in [-0.15, -0.1) is 0 Å². The Morgan fingerprint density at radius 2 is 2.06 bits per heavy atom. The molecular formula is C15H21N. The number of para-hydroxylation sites is 1. The van der Waals surface area contributed by atoms with E-state index in [4.69, 9.17) is 0 Å². The van der Waals surface area contributed by atoms with E-state index in [1.165, 1.54) is 43.4 Å². The van der Waals surface area contributed by atoms with Gasteiger partial charge in [-0.1, -0.05) is 44.4 Å². The van der Waals surface area contributed by atoms with Gasteiger partial charge in [-0.2, -0.15) is 0 Å². The van der Waals surface area contributed by atoms with Crippen LogP contribution in [0.5, 0.6) is 0 Å². The molecule has 1 saturated carbocycles. The third kappa shape index (κ3) is 1.53. The average molecular weight is 215 g/mol. The second-order valence-corrected chi connectivity index (χ2v) is 5.23. The smallest absolute Gasteiger partial charge is 0.0411 e. The van der Waals surface area contributed by atoms with Crippen LogP contribution >= 0.6 is 0 Å². The first-order valence-electron chi connectivity index (χ1n) is 6.78. The van der Waals surface area contributed by atoms with E-state index in [9.17, 15) is 0 Å². The lowest BCUT2D eigenvalue weighted by Crippen LogP contribution is -2.18. The molecule has 2 aliphatic rings. The summed E-state index contributed by atoms with van der Waals surface area (Å²) in [6, 6.07) is 7.59. The summed E-state index contributed by atoms with van der Waals surface area (Å²) in [5.74, 6) is 0.795.